The summed E-state index contributed by atoms with van der Waals surface area (Å²) in [4.78, 5) is 0. The predicted octanol–water partition coefficient (Wildman–Crippen LogP) is 3.54. The topological polar surface area (TPSA) is 9.23 Å². The van der Waals surface area contributed by atoms with E-state index in [2.05, 4.69) is 33.3 Å². The Labute approximate surface area is 95.0 Å². The molecule has 4 unspecified atom stereocenters. The SMILES string of the molecule is C=CCC1OC(CP=C)C(C)C1C(=C)C. The molecule has 1 saturated heterocycles. The molecule has 84 valence electrons. The van der Waals surface area contributed by atoms with Gasteiger partial charge in [0.1, 0.15) is 0 Å². The first kappa shape index (κ1) is 12.7. The highest BCUT2D eigenvalue weighted by Crippen LogP contribution is 2.39. The molecular weight excluding hydrogens is 203 g/mol. The van der Waals surface area contributed by atoms with Crippen molar-refractivity contribution in [3.63, 3.8) is 0 Å². The Kier molecular flexibility index (Phi) is 4.76. The van der Waals surface area contributed by atoms with Crippen molar-refractivity contribution in [3.8, 4) is 0 Å². The van der Waals surface area contributed by atoms with Gasteiger partial charge in [-0.1, -0.05) is 31.5 Å². The fraction of sp³-hybridized carbons (Fsp3) is 0.615. The van der Waals surface area contributed by atoms with Crippen molar-refractivity contribution < 1.29 is 4.74 Å². The van der Waals surface area contributed by atoms with Gasteiger partial charge >= 0.3 is 0 Å². The smallest absolute Gasteiger partial charge is 0.0686 e. The molecule has 0 radical (unpaired) electrons. The average molecular weight is 224 g/mol. The highest BCUT2D eigenvalue weighted by molar-refractivity contribution is 7.36. The van der Waals surface area contributed by atoms with E-state index in [0.717, 1.165) is 20.8 Å². The van der Waals surface area contributed by atoms with Gasteiger partial charge in [0.25, 0.3) is 0 Å². The zero-order chi connectivity index (χ0) is 11.4. The summed E-state index contributed by atoms with van der Waals surface area (Å²) >= 11 is 0. The molecule has 0 N–H and O–H groups in total. The Hall–Kier alpha value is -0.390. The van der Waals surface area contributed by atoms with Crippen LogP contribution >= 0.6 is 8.20 Å². The molecule has 1 heterocycles. The maximum atomic E-state index is 6.05. The van der Waals surface area contributed by atoms with Crippen molar-refractivity contribution >= 4 is 14.5 Å². The average Bonchev–Trinajstić information content (AvgIpc) is 2.45. The van der Waals surface area contributed by atoms with Gasteiger partial charge in [-0.15, -0.1) is 14.8 Å². The van der Waals surface area contributed by atoms with Crippen LogP contribution in [0.3, 0.4) is 0 Å². The summed E-state index contributed by atoms with van der Waals surface area (Å²) in [5, 5.41) is 0. The molecule has 0 aromatic heterocycles. The van der Waals surface area contributed by atoms with Gasteiger partial charge in [0.05, 0.1) is 12.2 Å². The monoisotopic (exact) mass is 224 g/mol. The Morgan fingerprint density at radius 2 is 2.13 bits per heavy atom. The summed E-state index contributed by atoms with van der Waals surface area (Å²) in [6, 6.07) is 0. The van der Waals surface area contributed by atoms with Crippen LogP contribution in [0.25, 0.3) is 0 Å². The third-order valence-corrected chi connectivity index (χ3v) is 3.80. The lowest BCUT2D eigenvalue weighted by molar-refractivity contribution is 0.0470. The van der Waals surface area contributed by atoms with Gasteiger partial charge in [0.2, 0.25) is 0 Å². The summed E-state index contributed by atoms with van der Waals surface area (Å²) in [5.41, 5.74) is 1.23. The van der Waals surface area contributed by atoms with Gasteiger partial charge in [-0.05, 0) is 19.3 Å². The zero-order valence-electron chi connectivity index (χ0n) is 9.78. The zero-order valence-corrected chi connectivity index (χ0v) is 10.7. The molecule has 4 atom stereocenters. The first-order chi connectivity index (χ1) is 7.11. The molecule has 1 aliphatic rings. The maximum Gasteiger partial charge on any atom is 0.0686 e. The molecule has 0 aromatic carbocycles. The molecule has 0 aromatic rings. The lowest BCUT2D eigenvalue weighted by Crippen LogP contribution is -2.20. The van der Waals surface area contributed by atoms with Crippen LogP contribution in [0.2, 0.25) is 0 Å². The summed E-state index contributed by atoms with van der Waals surface area (Å²) in [6.07, 6.45) is 8.39. The molecule has 1 fully saturated rings. The van der Waals surface area contributed by atoms with Gasteiger partial charge in [-0.2, -0.15) is 0 Å². The third kappa shape index (κ3) is 2.80. The van der Waals surface area contributed by atoms with Crippen LogP contribution in [-0.2, 0) is 4.74 Å². The summed E-state index contributed by atoms with van der Waals surface area (Å²) in [7, 11) is 1.16. The quantitative estimate of drug-likeness (QED) is 0.512. The van der Waals surface area contributed by atoms with Crippen LogP contribution in [0.15, 0.2) is 24.8 Å². The number of hydrogen-bond donors (Lipinski definition) is 0. The summed E-state index contributed by atoms with van der Waals surface area (Å²) in [6.45, 7) is 12.2. The van der Waals surface area contributed by atoms with E-state index in [-0.39, 0.29) is 6.10 Å². The summed E-state index contributed by atoms with van der Waals surface area (Å²) < 4.78 is 6.05. The van der Waals surface area contributed by atoms with E-state index in [4.69, 9.17) is 4.74 Å². The highest BCUT2D eigenvalue weighted by atomic mass is 31.1. The van der Waals surface area contributed by atoms with Crippen LogP contribution in [0, 0.1) is 11.8 Å². The Bertz CT molecular complexity index is 259. The highest BCUT2D eigenvalue weighted by Gasteiger charge is 2.40. The molecule has 15 heavy (non-hydrogen) atoms. The number of hydrogen-bond acceptors (Lipinski definition) is 1. The van der Waals surface area contributed by atoms with E-state index < -0.39 is 0 Å². The van der Waals surface area contributed by atoms with Crippen molar-refractivity contribution in [3.05, 3.63) is 24.8 Å². The van der Waals surface area contributed by atoms with Crippen LogP contribution in [0.5, 0.6) is 0 Å². The van der Waals surface area contributed by atoms with Gasteiger partial charge in [0, 0.05) is 12.1 Å². The van der Waals surface area contributed by atoms with Crippen LogP contribution in [-0.4, -0.2) is 24.7 Å². The van der Waals surface area contributed by atoms with E-state index >= 15 is 0 Å². The normalized spacial score (nSPS) is 35.6. The molecule has 1 aliphatic heterocycles. The van der Waals surface area contributed by atoms with Crippen molar-refractivity contribution in [2.24, 2.45) is 11.8 Å². The van der Waals surface area contributed by atoms with Gasteiger partial charge < -0.3 is 4.74 Å². The molecule has 0 bridgehead atoms. The maximum absolute atomic E-state index is 6.05. The molecule has 0 saturated carbocycles. The fourth-order valence-electron chi connectivity index (χ4n) is 2.47. The molecule has 1 rings (SSSR count). The van der Waals surface area contributed by atoms with E-state index in [1.54, 1.807) is 0 Å². The first-order valence-corrected chi connectivity index (χ1v) is 6.72. The largest absolute Gasteiger partial charge is 0.373 e. The second-order valence-corrected chi connectivity index (χ2v) is 5.19. The van der Waals surface area contributed by atoms with Crippen LogP contribution in [0.1, 0.15) is 20.3 Å². The van der Waals surface area contributed by atoms with Crippen LogP contribution < -0.4 is 0 Å². The molecular formula is C13H21OP. The first-order valence-electron chi connectivity index (χ1n) is 5.46. The third-order valence-electron chi connectivity index (χ3n) is 3.18. The van der Waals surface area contributed by atoms with Gasteiger partial charge in [-0.3, -0.25) is 0 Å². The van der Waals surface area contributed by atoms with E-state index in [1.165, 1.54) is 5.57 Å². The lowest BCUT2D eigenvalue weighted by atomic mass is 9.83. The van der Waals surface area contributed by atoms with Gasteiger partial charge in [0.15, 0.2) is 0 Å². The van der Waals surface area contributed by atoms with E-state index in [0.29, 0.717) is 17.9 Å². The van der Waals surface area contributed by atoms with Crippen LogP contribution in [0.4, 0.5) is 0 Å². The predicted molar refractivity (Wildman–Crippen MR) is 69.9 cm³/mol. The molecule has 0 aliphatic carbocycles. The second kappa shape index (κ2) is 5.63. The van der Waals surface area contributed by atoms with E-state index in [9.17, 15) is 0 Å². The minimum Gasteiger partial charge on any atom is -0.373 e. The summed E-state index contributed by atoms with van der Waals surface area (Å²) in [5.74, 6) is 1.04. The minimum absolute atomic E-state index is 0.279. The lowest BCUT2D eigenvalue weighted by Gasteiger charge is -2.20. The van der Waals surface area contributed by atoms with Gasteiger partial charge in [-0.25, -0.2) is 0 Å². The molecule has 2 heteroatoms. The molecule has 0 spiro atoms. The fourth-order valence-corrected chi connectivity index (χ4v) is 3.15. The standard InChI is InChI=1S/C13H21OP/c1-6-7-11-13(9(2)3)10(4)12(14-11)8-15-5/h6,10-13H,1-2,5,7-8H2,3-4H3. The molecule has 0 amide bonds. The second-order valence-electron chi connectivity index (χ2n) is 4.37. The number of rotatable bonds is 5. The van der Waals surface area contributed by atoms with Crippen molar-refractivity contribution in [1.82, 2.24) is 0 Å². The molecule has 1 nitrogen and oxygen atoms in total. The van der Waals surface area contributed by atoms with Crippen molar-refractivity contribution in [2.75, 3.05) is 6.16 Å². The Morgan fingerprint density at radius 3 is 2.60 bits per heavy atom. The Morgan fingerprint density at radius 1 is 1.47 bits per heavy atom. The minimum atomic E-state index is 0.279. The Balaban J connectivity index is 2.76. The van der Waals surface area contributed by atoms with Crippen molar-refractivity contribution in [1.29, 1.82) is 0 Å². The van der Waals surface area contributed by atoms with Crippen molar-refractivity contribution in [2.45, 2.75) is 32.5 Å². The number of ether oxygens (including phenoxy) is 1. The van der Waals surface area contributed by atoms with E-state index in [1.807, 2.05) is 6.08 Å².